The summed E-state index contributed by atoms with van der Waals surface area (Å²) in [5.41, 5.74) is 13.7. The Balaban J connectivity index is 2.39. The van der Waals surface area contributed by atoms with Crippen molar-refractivity contribution in [3.8, 4) is 11.5 Å². The van der Waals surface area contributed by atoms with Crippen LogP contribution in [0.25, 0.3) is 0 Å². The van der Waals surface area contributed by atoms with Gasteiger partial charge in [0.25, 0.3) is 0 Å². The van der Waals surface area contributed by atoms with E-state index in [0.717, 1.165) is 11.1 Å². The summed E-state index contributed by atoms with van der Waals surface area (Å²) >= 11 is 0. The lowest BCUT2D eigenvalue weighted by molar-refractivity contribution is 0.354. The van der Waals surface area contributed by atoms with Gasteiger partial charge >= 0.3 is 0 Å². The number of rotatable bonds is 4. The van der Waals surface area contributed by atoms with E-state index in [1.54, 1.807) is 20.4 Å². The minimum absolute atomic E-state index is 0.353. The lowest BCUT2D eigenvalue weighted by Crippen LogP contribution is -2.14. The number of anilines is 1. The number of nitrogens with zero attached hydrogens (tertiary/aromatic N) is 1. The fraction of sp³-hybridized carbons (Fsp3) is 0.214. The molecule has 2 aromatic rings. The van der Waals surface area contributed by atoms with Gasteiger partial charge in [-0.1, -0.05) is 12.1 Å². The lowest BCUT2D eigenvalue weighted by atomic mass is 10.00. The molecule has 0 saturated carbocycles. The van der Waals surface area contributed by atoms with E-state index < -0.39 is 0 Å². The molecule has 0 radical (unpaired) electrons. The molecule has 1 aromatic carbocycles. The SMILES string of the molecule is COc1ccc(C(N)c2cccnc2N)cc1OC. The van der Waals surface area contributed by atoms with E-state index in [4.69, 9.17) is 20.9 Å². The van der Waals surface area contributed by atoms with E-state index in [1.807, 2.05) is 30.3 Å². The largest absolute Gasteiger partial charge is 0.493 e. The zero-order chi connectivity index (χ0) is 13.8. The Hall–Kier alpha value is -2.27. The number of nitrogens with two attached hydrogens (primary N) is 2. The Morgan fingerprint density at radius 3 is 2.47 bits per heavy atom. The molecule has 0 saturated heterocycles. The minimum atomic E-state index is -0.353. The number of pyridine rings is 1. The van der Waals surface area contributed by atoms with Crippen molar-refractivity contribution in [2.75, 3.05) is 20.0 Å². The van der Waals surface area contributed by atoms with Crippen molar-refractivity contribution in [1.82, 2.24) is 4.98 Å². The van der Waals surface area contributed by atoms with Crippen LogP contribution in [0.5, 0.6) is 11.5 Å². The van der Waals surface area contributed by atoms with Crippen LogP contribution in [0.1, 0.15) is 17.2 Å². The van der Waals surface area contributed by atoms with Gasteiger partial charge < -0.3 is 20.9 Å². The topological polar surface area (TPSA) is 83.4 Å². The van der Waals surface area contributed by atoms with Crippen LogP contribution in [0.2, 0.25) is 0 Å². The molecule has 0 amide bonds. The summed E-state index contributed by atoms with van der Waals surface area (Å²) in [6.45, 7) is 0. The summed E-state index contributed by atoms with van der Waals surface area (Å²) in [6.07, 6.45) is 1.64. The molecule has 5 heteroatoms. The molecule has 0 spiro atoms. The molecule has 1 unspecified atom stereocenters. The third-order valence-electron chi connectivity index (χ3n) is 2.97. The Morgan fingerprint density at radius 1 is 1.11 bits per heavy atom. The maximum Gasteiger partial charge on any atom is 0.161 e. The van der Waals surface area contributed by atoms with Crippen LogP contribution in [0.4, 0.5) is 5.82 Å². The molecule has 5 nitrogen and oxygen atoms in total. The molecule has 1 heterocycles. The standard InChI is InChI=1S/C14H17N3O2/c1-18-11-6-5-9(8-12(11)19-2)13(15)10-4-3-7-17-14(10)16/h3-8,13H,15H2,1-2H3,(H2,16,17). The Labute approximate surface area is 112 Å². The lowest BCUT2D eigenvalue weighted by Gasteiger charge is -2.16. The summed E-state index contributed by atoms with van der Waals surface area (Å²) < 4.78 is 10.5. The van der Waals surface area contributed by atoms with Crippen LogP contribution in [0.15, 0.2) is 36.5 Å². The van der Waals surface area contributed by atoms with Gasteiger partial charge in [-0.25, -0.2) is 4.98 Å². The number of nitrogen functional groups attached to an aromatic ring is 1. The molecule has 1 atom stereocenters. The third-order valence-corrected chi connectivity index (χ3v) is 2.97. The van der Waals surface area contributed by atoms with Crippen LogP contribution < -0.4 is 20.9 Å². The van der Waals surface area contributed by atoms with Gasteiger partial charge in [-0.05, 0) is 23.8 Å². The Morgan fingerprint density at radius 2 is 1.84 bits per heavy atom. The van der Waals surface area contributed by atoms with Crippen LogP contribution in [0.3, 0.4) is 0 Å². The van der Waals surface area contributed by atoms with Crippen molar-refractivity contribution in [2.45, 2.75) is 6.04 Å². The number of hydrogen-bond acceptors (Lipinski definition) is 5. The predicted molar refractivity (Wildman–Crippen MR) is 74.2 cm³/mol. The first-order valence-corrected chi connectivity index (χ1v) is 5.85. The minimum Gasteiger partial charge on any atom is -0.493 e. The molecule has 0 fully saturated rings. The molecule has 2 rings (SSSR count). The predicted octanol–water partition coefficient (Wildman–Crippen LogP) is 1.73. The summed E-state index contributed by atoms with van der Waals surface area (Å²) in [6, 6.07) is 8.87. The molecule has 4 N–H and O–H groups in total. The zero-order valence-electron chi connectivity index (χ0n) is 11.0. The van der Waals surface area contributed by atoms with Gasteiger partial charge in [0.15, 0.2) is 11.5 Å². The average molecular weight is 259 g/mol. The molecular formula is C14H17N3O2. The van der Waals surface area contributed by atoms with Gasteiger partial charge in [-0.15, -0.1) is 0 Å². The van der Waals surface area contributed by atoms with Crippen molar-refractivity contribution < 1.29 is 9.47 Å². The highest BCUT2D eigenvalue weighted by molar-refractivity contribution is 5.49. The fourth-order valence-electron chi connectivity index (χ4n) is 1.92. The maximum absolute atomic E-state index is 6.22. The van der Waals surface area contributed by atoms with Crippen molar-refractivity contribution in [3.63, 3.8) is 0 Å². The maximum atomic E-state index is 6.22. The summed E-state index contributed by atoms with van der Waals surface area (Å²) in [7, 11) is 3.18. The van der Waals surface area contributed by atoms with Crippen LogP contribution in [0, 0.1) is 0 Å². The molecule has 100 valence electrons. The second kappa shape index (κ2) is 5.58. The second-order valence-corrected chi connectivity index (χ2v) is 4.07. The van der Waals surface area contributed by atoms with E-state index >= 15 is 0 Å². The molecular weight excluding hydrogens is 242 g/mol. The van der Waals surface area contributed by atoms with Crippen molar-refractivity contribution >= 4 is 5.82 Å². The highest BCUT2D eigenvalue weighted by Gasteiger charge is 2.14. The van der Waals surface area contributed by atoms with Gasteiger partial charge in [-0.2, -0.15) is 0 Å². The first-order chi connectivity index (χ1) is 9.17. The first-order valence-electron chi connectivity index (χ1n) is 5.85. The van der Waals surface area contributed by atoms with E-state index in [-0.39, 0.29) is 6.04 Å². The molecule has 0 aliphatic carbocycles. The van der Waals surface area contributed by atoms with E-state index in [1.165, 1.54) is 0 Å². The highest BCUT2D eigenvalue weighted by atomic mass is 16.5. The van der Waals surface area contributed by atoms with Crippen LogP contribution >= 0.6 is 0 Å². The van der Waals surface area contributed by atoms with Crippen LogP contribution in [-0.4, -0.2) is 19.2 Å². The Bertz CT molecular complexity index is 572. The van der Waals surface area contributed by atoms with Gasteiger partial charge in [0.2, 0.25) is 0 Å². The number of methoxy groups -OCH3 is 2. The van der Waals surface area contributed by atoms with E-state index in [9.17, 15) is 0 Å². The molecule has 0 bridgehead atoms. The molecule has 1 aromatic heterocycles. The number of benzene rings is 1. The zero-order valence-corrected chi connectivity index (χ0v) is 11.0. The molecule has 0 aliphatic heterocycles. The summed E-state index contributed by atoms with van der Waals surface area (Å²) in [5, 5.41) is 0. The van der Waals surface area contributed by atoms with E-state index in [0.29, 0.717) is 17.3 Å². The average Bonchev–Trinajstić information content (AvgIpc) is 2.46. The first kappa shape index (κ1) is 13.2. The number of aromatic nitrogens is 1. The number of ether oxygens (including phenoxy) is 2. The summed E-state index contributed by atoms with van der Waals surface area (Å²) in [4.78, 5) is 4.04. The number of hydrogen-bond donors (Lipinski definition) is 2. The third kappa shape index (κ3) is 2.61. The fourth-order valence-corrected chi connectivity index (χ4v) is 1.92. The van der Waals surface area contributed by atoms with Crippen LogP contribution in [-0.2, 0) is 0 Å². The second-order valence-electron chi connectivity index (χ2n) is 4.07. The van der Waals surface area contributed by atoms with Gasteiger partial charge in [-0.3, -0.25) is 0 Å². The van der Waals surface area contributed by atoms with Gasteiger partial charge in [0.05, 0.1) is 20.3 Å². The van der Waals surface area contributed by atoms with E-state index in [2.05, 4.69) is 4.98 Å². The van der Waals surface area contributed by atoms with Crippen molar-refractivity contribution in [3.05, 3.63) is 47.7 Å². The quantitative estimate of drug-likeness (QED) is 0.873. The molecule has 19 heavy (non-hydrogen) atoms. The van der Waals surface area contributed by atoms with Gasteiger partial charge in [0.1, 0.15) is 5.82 Å². The van der Waals surface area contributed by atoms with Gasteiger partial charge in [0, 0.05) is 11.8 Å². The smallest absolute Gasteiger partial charge is 0.161 e. The Kier molecular flexibility index (Phi) is 3.87. The van der Waals surface area contributed by atoms with Crippen molar-refractivity contribution in [2.24, 2.45) is 5.73 Å². The molecule has 0 aliphatic rings. The monoisotopic (exact) mass is 259 g/mol. The normalized spacial score (nSPS) is 11.9. The summed E-state index contributed by atoms with van der Waals surface area (Å²) in [5.74, 6) is 1.74. The van der Waals surface area contributed by atoms with Crippen molar-refractivity contribution in [1.29, 1.82) is 0 Å². The highest BCUT2D eigenvalue weighted by Crippen LogP contribution is 2.32.